The molecule has 2 rings (SSSR count). The molecule has 1 aliphatic heterocycles. The smallest absolute Gasteiger partial charge is 0.271 e. The van der Waals surface area contributed by atoms with Crippen LogP contribution < -0.4 is 10.6 Å². The number of rotatable bonds is 3. The van der Waals surface area contributed by atoms with Gasteiger partial charge in [-0.15, -0.1) is 0 Å². The number of nitrogens with two attached hydrogens (primary N) is 1. The Morgan fingerprint density at radius 2 is 2.28 bits per heavy atom. The van der Waals surface area contributed by atoms with Crippen LogP contribution >= 0.6 is 12.6 Å². The third kappa shape index (κ3) is 2.26. The summed E-state index contributed by atoms with van der Waals surface area (Å²) in [6.07, 6.45) is 0.408. The van der Waals surface area contributed by atoms with Gasteiger partial charge >= 0.3 is 0 Å². The van der Waals surface area contributed by atoms with Gasteiger partial charge in [-0.3, -0.25) is 14.9 Å². The summed E-state index contributed by atoms with van der Waals surface area (Å²) in [4.78, 5) is 23.6. The van der Waals surface area contributed by atoms with Crippen molar-refractivity contribution in [1.29, 1.82) is 0 Å². The van der Waals surface area contributed by atoms with E-state index in [1.54, 1.807) is 0 Å². The molecule has 1 fully saturated rings. The van der Waals surface area contributed by atoms with Crippen molar-refractivity contribution in [3.63, 3.8) is 0 Å². The molecule has 0 aliphatic carbocycles. The van der Waals surface area contributed by atoms with Gasteiger partial charge in [-0.2, -0.15) is 12.6 Å². The molecule has 1 unspecified atom stereocenters. The van der Waals surface area contributed by atoms with Crippen molar-refractivity contribution in [2.24, 2.45) is 5.92 Å². The number of nitrogens with zero attached hydrogens (tertiary/aromatic N) is 2. The number of benzene rings is 1. The number of anilines is 2. The first-order valence-corrected chi connectivity index (χ1v) is 6.11. The number of hydrogen-bond donors (Lipinski definition) is 2. The minimum atomic E-state index is -0.500. The topological polar surface area (TPSA) is 89.5 Å². The highest BCUT2D eigenvalue weighted by atomic mass is 32.1. The predicted molar refractivity (Wildman–Crippen MR) is 71.8 cm³/mol. The third-order valence-corrected chi connectivity index (χ3v) is 3.50. The molecule has 18 heavy (non-hydrogen) atoms. The second-order valence-corrected chi connectivity index (χ2v) is 4.62. The van der Waals surface area contributed by atoms with Gasteiger partial charge in [-0.05, 0) is 17.7 Å². The van der Waals surface area contributed by atoms with Crippen LogP contribution in [0.15, 0.2) is 18.2 Å². The normalized spacial score (nSPS) is 19.3. The van der Waals surface area contributed by atoms with E-state index in [9.17, 15) is 14.9 Å². The van der Waals surface area contributed by atoms with Gasteiger partial charge in [0.05, 0.1) is 16.3 Å². The molecule has 0 saturated carbocycles. The lowest BCUT2D eigenvalue weighted by atomic mass is 10.1. The van der Waals surface area contributed by atoms with E-state index in [1.165, 1.54) is 23.1 Å². The van der Waals surface area contributed by atoms with E-state index in [0.717, 1.165) is 0 Å². The lowest BCUT2D eigenvalue weighted by molar-refractivity contribution is -0.384. The van der Waals surface area contributed by atoms with Gasteiger partial charge in [0, 0.05) is 25.1 Å². The second kappa shape index (κ2) is 4.85. The molecule has 1 aliphatic rings. The van der Waals surface area contributed by atoms with Crippen LogP contribution in [0.5, 0.6) is 0 Å². The molecule has 1 aromatic carbocycles. The zero-order valence-corrected chi connectivity index (χ0v) is 10.5. The number of amides is 1. The summed E-state index contributed by atoms with van der Waals surface area (Å²) < 4.78 is 0. The zero-order chi connectivity index (χ0) is 13.3. The summed E-state index contributed by atoms with van der Waals surface area (Å²) in [5.41, 5.74) is 6.50. The number of nitrogen functional groups attached to an aromatic ring is 1. The summed E-state index contributed by atoms with van der Waals surface area (Å²) in [7, 11) is 0. The summed E-state index contributed by atoms with van der Waals surface area (Å²) in [5, 5.41) is 10.7. The van der Waals surface area contributed by atoms with Gasteiger partial charge in [0.15, 0.2) is 0 Å². The van der Waals surface area contributed by atoms with Gasteiger partial charge in [0.2, 0.25) is 5.91 Å². The first-order valence-electron chi connectivity index (χ1n) is 5.48. The number of hydrogen-bond acceptors (Lipinski definition) is 5. The van der Waals surface area contributed by atoms with E-state index in [4.69, 9.17) is 5.73 Å². The fraction of sp³-hybridized carbons (Fsp3) is 0.364. The van der Waals surface area contributed by atoms with Gasteiger partial charge in [-0.1, -0.05) is 0 Å². The van der Waals surface area contributed by atoms with Crippen LogP contribution in [0.2, 0.25) is 0 Å². The number of carbonyl (C=O) groups excluding carboxylic acids is 1. The van der Waals surface area contributed by atoms with E-state index in [1.807, 2.05) is 0 Å². The molecule has 1 aromatic rings. The molecule has 1 heterocycles. The summed E-state index contributed by atoms with van der Waals surface area (Å²) in [6, 6.07) is 4.12. The van der Waals surface area contributed by atoms with Crippen molar-refractivity contribution in [3.05, 3.63) is 28.3 Å². The third-order valence-electron chi connectivity index (χ3n) is 2.98. The van der Waals surface area contributed by atoms with Crippen molar-refractivity contribution < 1.29 is 9.72 Å². The molecule has 96 valence electrons. The van der Waals surface area contributed by atoms with Crippen LogP contribution in [-0.4, -0.2) is 23.1 Å². The Morgan fingerprint density at radius 1 is 1.56 bits per heavy atom. The quantitative estimate of drug-likeness (QED) is 0.375. The van der Waals surface area contributed by atoms with Crippen LogP contribution in [0, 0.1) is 16.0 Å². The molecule has 1 amide bonds. The van der Waals surface area contributed by atoms with Crippen LogP contribution in [0.4, 0.5) is 17.1 Å². The fourth-order valence-corrected chi connectivity index (χ4v) is 2.26. The van der Waals surface area contributed by atoms with Crippen molar-refractivity contribution >= 4 is 35.6 Å². The maximum atomic E-state index is 11.8. The standard InChI is InChI=1S/C11H13N3O3S/c12-9-2-1-8(14(16)17)4-10(9)13-5-7(6-18)3-11(13)15/h1-2,4,7,18H,3,5-6,12H2. The van der Waals surface area contributed by atoms with Crippen molar-refractivity contribution in [2.45, 2.75) is 6.42 Å². The van der Waals surface area contributed by atoms with E-state index in [-0.39, 0.29) is 17.5 Å². The van der Waals surface area contributed by atoms with E-state index in [0.29, 0.717) is 30.1 Å². The van der Waals surface area contributed by atoms with Crippen LogP contribution in [0.25, 0.3) is 0 Å². The highest BCUT2D eigenvalue weighted by molar-refractivity contribution is 7.80. The number of carbonyl (C=O) groups is 1. The minimum Gasteiger partial charge on any atom is -0.397 e. The molecule has 0 aromatic heterocycles. The summed E-state index contributed by atoms with van der Waals surface area (Å²) in [6.45, 7) is 0.508. The Labute approximate surface area is 109 Å². The lowest BCUT2D eigenvalue weighted by Gasteiger charge is -2.18. The van der Waals surface area contributed by atoms with E-state index >= 15 is 0 Å². The zero-order valence-electron chi connectivity index (χ0n) is 9.57. The monoisotopic (exact) mass is 267 g/mol. The molecule has 0 spiro atoms. The Bertz CT molecular complexity index is 506. The molecule has 1 atom stereocenters. The Hall–Kier alpha value is -1.76. The maximum Gasteiger partial charge on any atom is 0.271 e. The van der Waals surface area contributed by atoms with Gasteiger partial charge < -0.3 is 10.6 Å². The Morgan fingerprint density at radius 3 is 2.83 bits per heavy atom. The SMILES string of the molecule is Nc1ccc([N+](=O)[O-])cc1N1CC(CS)CC1=O. The number of non-ortho nitro benzene ring substituents is 1. The van der Waals surface area contributed by atoms with Gasteiger partial charge in [-0.25, -0.2) is 0 Å². The highest BCUT2D eigenvalue weighted by Crippen LogP contribution is 2.32. The minimum absolute atomic E-state index is 0.0682. The summed E-state index contributed by atoms with van der Waals surface area (Å²) in [5.74, 6) is 0.706. The van der Waals surface area contributed by atoms with Crippen LogP contribution in [0.3, 0.4) is 0 Å². The molecule has 7 heteroatoms. The maximum absolute atomic E-state index is 11.8. The van der Waals surface area contributed by atoms with Crippen molar-refractivity contribution in [3.8, 4) is 0 Å². The lowest BCUT2D eigenvalue weighted by Crippen LogP contribution is -2.25. The Kier molecular flexibility index (Phi) is 3.42. The van der Waals surface area contributed by atoms with E-state index < -0.39 is 4.92 Å². The van der Waals surface area contributed by atoms with Crippen molar-refractivity contribution in [1.82, 2.24) is 0 Å². The summed E-state index contributed by atoms with van der Waals surface area (Å²) >= 11 is 4.17. The predicted octanol–water partition coefficient (Wildman–Crippen LogP) is 1.46. The molecule has 2 N–H and O–H groups in total. The average Bonchev–Trinajstić information content (AvgIpc) is 2.71. The molecular weight excluding hydrogens is 254 g/mol. The Balaban J connectivity index is 2.35. The molecule has 0 bridgehead atoms. The van der Waals surface area contributed by atoms with Crippen molar-refractivity contribution in [2.75, 3.05) is 22.9 Å². The average molecular weight is 267 g/mol. The molecular formula is C11H13N3O3S. The van der Waals surface area contributed by atoms with E-state index in [2.05, 4.69) is 12.6 Å². The number of nitro groups is 1. The number of nitro benzene ring substituents is 1. The fourth-order valence-electron chi connectivity index (χ4n) is 2.02. The van der Waals surface area contributed by atoms with Gasteiger partial charge in [0.25, 0.3) is 5.69 Å². The number of thiol groups is 1. The largest absolute Gasteiger partial charge is 0.397 e. The van der Waals surface area contributed by atoms with Crippen LogP contribution in [0.1, 0.15) is 6.42 Å². The molecule has 0 radical (unpaired) electrons. The molecule has 6 nitrogen and oxygen atoms in total. The first kappa shape index (κ1) is 12.7. The second-order valence-electron chi connectivity index (χ2n) is 4.26. The first-order chi connectivity index (χ1) is 8.52. The van der Waals surface area contributed by atoms with Gasteiger partial charge in [0.1, 0.15) is 0 Å². The highest BCUT2D eigenvalue weighted by Gasteiger charge is 2.31. The molecule has 1 saturated heterocycles. The van der Waals surface area contributed by atoms with Crippen LogP contribution in [-0.2, 0) is 4.79 Å².